The Morgan fingerprint density at radius 3 is 2.50 bits per heavy atom. The van der Waals surface area contributed by atoms with Crippen molar-refractivity contribution in [3.8, 4) is 0 Å². The first-order valence-electron chi connectivity index (χ1n) is 7.77. The van der Waals surface area contributed by atoms with Gasteiger partial charge in [0.05, 0.1) is 5.41 Å². The van der Waals surface area contributed by atoms with E-state index in [2.05, 4.69) is 0 Å². The molecule has 0 heterocycles. The van der Waals surface area contributed by atoms with Gasteiger partial charge in [-0.15, -0.1) is 0 Å². The van der Waals surface area contributed by atoms with Crippen molar-refractivity contribution < 1.29 is 19.1 Å². The number of halogens is 1. The summed E-state index contributed by atoms with van der Waals surface area (Å²) in [6.45, 7) is 1.79. The number of hydrogen-bond donors (Lipinski definition) is 1. The summed E-state index contributed by atoms with van der Waals surface area (Å²) in [5, 5.41) is 9.01. The van der Waals surface area contributed by atoms with Crippen LogP contribution in [-0.4, -0.2) is 35.0 Å². The van der Waals surface area contributed by atoms with Gasteiger partial charge in [-0.05, 0) is 37.5 Å². The maximum Gasteiger partial charge on any atom is 0.323 e. The van der Waals surface area contributed by atoms with Crippen LogP contribution in [0.15, 0.2) is 24.3 Å². The molecule has 0 radical (unpaired) electrons. The molecule has 0 aromatic heterocycles. The standard InChI is InChI=1S/C17H22FNO3/c1-2-19(12-15(20)21)16(22)17(9-4-3-5-10-17)13-7-6-8-14(18)11-13/h6-8,11H,2-5,9-10,12H2,1H3,(H,20,21). The number of rotatable bonds is 5. The third kappa shape index (κ3) is 3.29. The van der Waals surface area contributed by atoms with Crippen LogP contribution in [0, 0.1) is 5.82 Å². The largest absolute Gasteiger partial charge is 0.480 e. The Bertz CT molecular complexity index is 553. The number of carbonyl (C=O) groups excluding carboxylic acids is 1. The van der Waals surface area contributed by atoms with E-state index in [0.29, 0.717) is 24.9 Å². The lowest BCUT2D eigenvalue weighted by Gasteiger charge is -2.39. The second-order valence-corrected chi connectivity index (χ2v) is 5.87. The van der Waals surface area contributed by atoms with Crippen LogP contribution in [0.3, 0.4) is 0 Å². The first kappa shape index (κ1) is 16.5. The molecule has 1 amide bonds. The Labute approximate surface area is 129 Å². The molecular formula is C17H22FNO3. The quantitative estimate of drug-likeness (QED) is 0.910. The van der Waals surface area contributed by atoms with Crippen LogP contribution in [0.5, 0.6) is 0 Å². The van der Waals surface area contributed by atoms with Crippen molar-refractivity contribution in [3.05, 3.63) is 35.6 Å². The van der Waals surface area contributed by atoms with Gasteiger partial charge in [-0.25, -0.2) is 4.39 Å². The monoisotopic (exact) mass is 307 g/mol. The van der Waals surface area contributed by atoms with Crippen LogP contribution in [0.1, 0.15) is 44.6 Å². The lowest BCUT2D eigenvalue weighted by atomic mass is 9.68. The second kappa shape index (κ2) is 6.90. The lowest BCUT2D eigenvalue weighted by Crippen LogP contribution is -2.49. The lowest BCUT2D eigenvalue weighted by molar-refractivity contribution is -0.147. The van der Waals surface area contributed by atoms with Gasteiger partial charge >= 0.3 is 5.97 Å². The summed E-state index contributed by atoms with van der Waals surface area (Å²) in [6.07, 6.45) is 4.13. The van der Waals surface area contributed by atoms with Gasteiger partial charge in [0.2, 0.25) is 5.91 Å². The van der Waals surface area contributed by atoms with Gasteiger partial charge in [0.1, 0.15) is 12.4 Å². The van der Waals surface area contributed by atoms with Crippen LogP contribution in [0.4, 0.5) is 4.39 Å². The maximum atomic E-state index is 13.6. The van der Waals surface area contributed by atoms with Crippen molar-refractivity contribution in [2.45, 2.75) is 44.4 Å². The summed E-state index contributed by atoms with van der Waals surface area (Å²) in [6, 6.07) is 6.17. The second-order valence-electron chi connectivity index (χ2n) is 5.87. The molecule has 1 aromatic rings. The normalized spacial score (nSPS) is 17.0. The highest BCUT2D eigenvalue weighted by atomic mass is 19.1. The van der Waals surface area contributed by atoms with Gasteiger partial charge in [0, 0.05) is 6.54 Å². The van der Waals surface area contributed by atoms with Crippen molar-refractivity contribution in [1.29, 1.82) is 0 Å². The molecule has 0 atom stereocenters. The molecule has 1 aromatic carbocycles. The molecule has 0 spiro atoms. The maximum absolute atomic E-state index is 13.6. The molecule has 4 nitrogen and oxygen atoms in total. The summed E-state index contributed by atoms with van der Waals surface area (Å²) in [5.41, 5.74) is -0.118. The number of likely N-dealkylation sites (N-methyl/N-ethyl adjacent to an activating group) is 1. The van der Waals surface area contributed by atoms with Gasteiger partial charge in [-0.1, -0.05) is 31.4 Å². The fraction of sp³-hybridized carbons (Fsp3) is 0.529. The van der Waals surface area contributed by atoms with Gasteiger partial charge in [-0.2, -0.15) is 0 Å². The van der Waals surface area contributed by atoms with E-state index in [0.717, 1.165) is 19.3 Å². The summed E-state index contributed by atoms with van der Waals surface area (Å²) in [7, 11) is 0. The average Bonchev–Trinajstić information content (AvgIpc) is 2.52. The minimum Gasteiger partial charge on any atom is -0.480 e. The number of nitrogens with zero attached hydrogens (tertiary/aromatic N) is 1. The topological polar surface area (TPSA) is 57.6 Å². The molecule has 120 valence electrons. The summed E-state index contributed by atoms with van der Waals surface area (Å²) in [5.74, 6) is -1.58. The Morgan fingerprint density at radius 2 is 1.95 bits per heavy atom. The van der Waals surface area contributed by atoms with Crippen LogP contribution < -0.4 is 0 Å². The number of carboxylic acid groups (broad SMARTS) is 1. The van der Waals surface area contributed by atoms with Crippen molar-refractivity contribution in [3.63, 3.8) is 0 Å². The highest BCUT2D eigenvalue weighted by Gasteiger charge is 2.43. The zero-order chi connectivity index (χ0) is 16.2. The molecule has 1 saturated carbocycles. The van der Waals surface area contributed by atoms with Crippen molar-refractivity contribution in [2.24, 2.45) is 0 Å². The third-order valence-electron chi connectivity index (χ3n) is 4.49. The van der Waals surface area contributed by atoms with Gasteiger partial charge < -0.3 is 10.0 Å². The zero-order valence-corrected chi connectivity index (χ0v) is 12.8. The third-order valence-corrected chi connectivity index (χ3v) is 4.49. The number of aliphatic carboxylic acids is 1. The van der Waals surface area contributed by atoms with E-state index in [1.54, 1.807) is 19.1 Å². The van der Waals surface area contributed by atoms with Crippen molar-refractivity contribution in [1.82, 2.24) is 4.90 Å². The molecule has 0 aliphatic heterocycles. The first-order chi connectivity index (χ1) is 10.5. The predicted octanol–water partition coefficient (Wildman–Crippen LogP) is 2.96. The smallest absolute Gasteiger partial charge is 0.323 e. The average molecular weight is 307 g/mol. The minimum absolute atomic E-state index is 0.192. The Morgan fingerprint density at radius 1 is 1.27 bits per heavy atom. The molecule has 0 saturated heterocycles. The van der Waals surface area contributed by atoms with E-state index in [-0.39, 0.29) is 18.3 Å². The van der Waals surface area contributed by atoms with E-state index in [1.165, 1.54) is 17.0 Å². The van der Waals surface area contributed by atoms with Gasteiger partial charge in [-0.3, -0.25) is 9.59 Å². The molecule has 0 unspecified atom stereocenters. The fourth-order valence-corrected chi connectivity index (χ4v) is 3.36. The van der Waals surface area contributed by atoms with E-state index < -0.39 is 11.4 Å². The zero-order valence-electron chi connectivity index (χ0n) is 12.8. The minimum atomic E-state index is -1.03. The Hall–Kier alpha value is -1.91. The highest BCUT2D eigenvalue weighted by molar-refractivity contribution is 5.90. The van der Waals surface area contributed by atoms with Crippen LogP contribution in [-0.2, 0) is 15.0 Å². The molecule has 1 aliphatic rings. The molecule has 5 heteroatoms. The molecule has 0 bridgehead atoms. The van der Waals surface area contributed by atoms with E-state index in [1.807, 2.05) is 0 Å². The Balaban J connectivity index is 2.40. The molecule has 1 N–H and O–H groups in total. The van der Waals surface area contributed by atoms with E-state index in [4.69, 9.17) is 5.11 Å². The van der Waals surface area contributed by atoms with Crippen LogP contribution >= 0.6 is 0 Å². The van der Waals surface area contributed by atoms with E-state index in [9.17, 15) is 14.0 Å². The highest BCUT2D eigenvalue weighted by Crippen LogP contribution is 2.41. The SMILES string of the molecule is CCN(CC(=O)O)C(=O)C1(c2cccc(F)c2)CCCCC1. The van der Waals surface area contributed by atoms with E-state index >= 15 is 0 Å². The number of benzene rings is 1. The van der Waals surface area contributed by atoms with Crippen molar-refractivity contribution >= 4 is 11.9 Å². The summed E-state index contributed by atoms with van der Waals surface area (Å²) < 4.78 is 13.6. The molecule has 1 aliphatic carbocycles. The van der Waals surface area contributed by atoms with Gasteiger partial charge in [0.25, 0.3) is 0 Å². The van der Waals surface area contributed by atoms with Gasteiger partial charge in [0.15, 0.2) is 0 Å². The van der Waals surface area contributed by atoms with Crippen molar-refractivity contribution in [2.75, 3.05) is 13.1 Å². The number of hydrogen-bond acceptors (Lipinski definition) is 2. The Kier molecular flexibility index (Phi) is 5.16. The summed E-state index contributed by atoms with van der Waals surface area (Å²) >= 11 is 0. The number of carbonyl (C=O) groups is 2. The van der Waals surface area contributed by atoms with Crippen LogP contribution in [0.25, 0.3) is 0 Å². The first-order valence-corrected chi connectivity index (χ1v) is 7.77. The molecular weight excluding hydrogens is 285 g/mol. The number of carboxylic acids is 1. The molecule has 2 rings (SSSR count). The molecule has 22 heavy (non-hydrogen) atoms. The molecule has 1 fully saturated rings. The fourth-order valence-electron chi connectivity index (χ4n) is 3.36. The van der Waals surface area contributed by atoms with Crippen LogP contribution in [0.2, 0.25) is 0 Å². The number of amides is 1. The summed E-state index contributed by atoms with van der Waals surface area (Å²) in [4.78, 5) is 25.4. The predicted molar refractivity (Wildman–Crippen MR) is 81.1 cm³/mol.